The third-order valence-electron chi connectivity index (χ3n) is 5.45. The molecule has 1 saturated heterocycles. The fourth-order valence-electron chi connectivity index (χ4n) is 3.70. The van der Waals surface area contributed by atoms with Crippen molar-refractivity contribution in [2.75, 3.05) is 13.6 Å². The molecule has 0 saturated carbocycles. The molecular weight excluding hydrogens is 366 g/mol. The maximum Gasteiger partial charge on any atom is 0.191 e. The van der Waals surface area contributed by atoms with E-state index in [1.54, 1.807) is 11.3 Å². The molecule has 0 bridgehead atoms. The van der Waals surface area contributed by atoms with E-state index in [9.17, 15) is 0 Å². The molecule has 152 valence electrons. The molecule has 6 heteroatoms. The van der Waals surface area contributed by atoms with Gasteiger partial charge in [-0.05, 0) is 51.3 Å². The molecule has 2 heterocycles. The Morgan fingerprint density at radius 1 is 1.14 bits per heavy atom. The first-order valence-electron chi connectivity index (χ1n) is 10.2. The van der Waals surface area contributed by atoms with Gasteiger partial charge in [0.25, 0.3) is 0 Å². The zero-order chi connectivity index (χ0) is 19.9. The van der Waals surface area contributed by atoms with Crippen molar-refractivity contribution >= 4 is 17.3 Å². The zero-order valence-electron chi connectivity index (χ0n) is 17.6. The van der Waals surface area contributed by atoms with Crippen LogP contribution in [0.3, 0.4) is 0 Å². The van der Waals surface area contributed by atoms with E-state index in [0.717, 1.165) is 36.3 Å². The van der Waals surface area contributed by atoms with Crippen LogP contribution in [0, 0.1) is 13.8 Å². The van der Waals surface area contributed by atoms with E-state index in [1.165, 1.54) is 41.8 Å². The van der Waals surface area contributed by atoms with Gasteiger partial charge in [0.05, 0.1) is 17.2 Å². The molecule has 1 aliphatic rings. The summed E-state index contributed by atoms with van der Waals surface area (Å²) in [5.41, 5.74) is 3.77. The van der Waals surface area contributed by atoms with Crippen LogP contribution in [0.25, 0.3) is 0 Å². The third kappa shape index (κ3) is 5.79. The van der Waals surface area contributed by atoms with Crippen molar-refractivity contribution in [3.05, 3.63) is 51.0 Å². The number of aliphatic imine (C=N–C) groups is 1. The van der Waals surface area contributed by atoms with Crippen LogP contribution in [-0.4, -0.2) is 35.5 Å². The Balaban J connectivity index is 1.47. The van der Waals surface area contributed by atoms with Crippen molar-refractivity contribution in [1.29, 1.82) is 0 Å². The topological polar surface area (TPSA) is 52.6 Å². The van der Waals surface area contributed by atoms with Crippen LogP contribution in [0.4, 0.5) is 0 Å². The van der Waals surface area contributed by atoms with Crippen LogP contribution in [0.2, 0.25) is 0 Å². The van der Waals surface area contributed by atoms with Gasteiger partial charge in [-0.15, -0.1) is 11.3 Å². The predicted octanol–water partition coefficient (Wildman–Crippen LogP) is 4.00. The average molecular weight is 400 g/mol. The highest BCUT2D eigenvalue weighted by Crippen LogP contribution is 2.19. The molecule has 1 aromatic carbocycles. The van der Waals surface area contributed by atoms with E-state index in [-0.39, 0.29) is 0 Å². The number of rotatable bonds is 6. The Morgan fingerprint density at radius 3 is 2.50 bits per heavy atom. The van der Waals surface area contributed by atoms with E-state index < -0.39 is 0 Å². The molecule has 1 aromatic heterocycles. The molecule has 0 aliphatic carbocycles. The van der Waals surface area contributed by atoms with E-state index in [0.29, 0.717) is 6.04 Å². The second-order valence-corrected chi connectivity index (χ2v) is 8.94. The van der Waals surface area contributed by atoms with E-state index in [2.05, 4.69) is 63.6 Å². The van der Waals surface area contributed by atoms with Gasteiger partial charge in [-0.3, -0.25) is 9.89 Å². The molecule has 0 amide bonds. The SMILES string of the molecule is CN=C(NCc1ccc(CN2CCCCC2C)cc1)NCc1sc(C)nc1C. The fourth-order valence-corrected chi connectivity index (χ4v) is 4.57. The van der Waals surface area contributed by atoms with Crippen molar-refractivity contribution in [1.82, 2.24) is 20.5 Å². The van der Waals surface area contributed by atoms with Gasteiger partial charge in [0.2, 0.25) is 0 Å². The van der Waals surface area contributed by atoms with E-state index in [1.807, 2.05) is 14.0 Å². The van der Waals surface area contributed by atoms with Gasteiger partial charge in [-0.2, -0.15) is 0 Å². The smallest absolute Gasteiger partial charge is 0.191 e. The summed E-state index contributed by atoms with van der Waals surface area (Å²) in [6.45, 7) is 10.3. The average Bonchev–Trinajstić information content (AvgIpc) is 3.02. The normalized spacial score (nSPS) is 18.3. The minimum Gasteiger partial charge on any atom is -0.352 e. The van der Waals surface area contributed by atoms with E-state index >= 15 is 0 Å². The number of aromatic nitrogens is 1. The summed E-state index contributed by atoms with van der Waals surface area (Å²) in [5, 5.41) is 7.89. The molecule has 2 N–H and O–H groups in total. The third-order valence-corrected chi connectivity index (χ3v) is 6.52. The molecule has 0 radical (unpaired) electrons. The number of nitrogens with zero attached hydrogens (tertiary/aromatic N) is 3. The van der Waals surface area contributed by atoms with Crippen LogP contribution in [-0.2, 0) is 19.6 Å². The predicted molar refractivity (Wildman–Crippen MR) is 119 cm³/mol. The first kappa shape index (κ1) is 20.8. The summed E-state index contributed by atoms with van der Waals surface area (Å²) in [4.78, 5) is 12.7. The van der Waals surface area contributed by atoms with Gasteiger partial charge in [0.1, 0.15) is 0 Å². The van der Waals surface area contributed by atoms with Crippen molar-refractivity contribution in [2.45, 2.75) is 65.7 Å². The molecule has 1 atom stereocenters. The summed E-state index contributed by atoms with van der Waals surface area (Å²) in [7, 11) is 1.81. The number of piperidine rings is 1. The minimum atomic E-state index is 0.704. The van der Waals surface area contributed by atoms with Crippen LogP contribution in [0.5, 0.6) is 0 Å². The first-order chi connectivity index (χ1) is 13.5. The highest BCUT2D eigenvalue weighted by molar-refractivity contribution is 7.11. The summed E-state index contributed by atoms with van der Waals surface area (Å²) in [5.74, 6) is 0.816. The number of hydrogen-bond acceptors (Lipinski definition) is 4. The second kappa shape index (κ2) is 10.0. The number of nitrogens with one attached hydrogen (secondary N) is 2. The lowest BCUT2D eigenvalue weighted by molar-refractivity contribution is 0.152. The standard InChI is InChI=1S/C22H33N5S/c1-16-7-5-6-12-27(16)15-20-10-8-19(9-11-20)13-24-22(23-4)25-14-21-17(2)26-18(3)28-21/h8-11,16H,5-7,12-15H2,1-4H3,(H2,23,24,25). The number of likely N-dealkylation sites (tertiary alicyclic amines) is 1. The molecule has 1 fully saturated rings. The fraction of sp³-hybridized carbons (Fsp3) is 0.545. The van der Waals surface area contributed by atoms with Gasteiger partial charge in [0.15, 0.2) is 5.96 Å². The summed E-state index contributed by atoms with van der Waals surface area (Å²) in [6, 6.07) is 9.67. The maximum atomic E-state index is 4.48. The zero-order valence-corrected chi connectivity index (χ0v) is 18.4. The van der Waals surface area contributed by atoms with Crippen LogP contribution in [0.15, 0.2) is 29.3 Å². The molecule has 1 unspecified atom stereocenters. The molecule has 2 aromatic rings. The number of thiazole rings is 1. The number of aryl methyl sites for hydroxylation is 2. The molecular formula is C22H33N5S. The van der Waals surface area contributed by atoms with Crippen molar-refractivity contribution in [3.8, 4) is 0 Å². The lowest BCUT2D eigenvalue weighted by Crippen LogP contribution is -2.36. The Kier molecular flexibility index (Phi) is 7.45. The lowest BCUT2D eigenvalue weighted by Gasteiger charge is -2.33. The van der Waals surface area contributed by atoms with Gasteiger partial charge >= 0.3 is 0 Å². The second-order valence-electron chi connectivity index (χ2n) is 7.65. The van der Waals surface area contributed by atoms with Gasteiger partial charge in [0, 0.05) is 31.1 Å². The summed E-state index contributed by atoms with van der Waals surface area (Å²) >= 11 is 1.74. The summed E-state index contributed by atoms with van der Waals surface area (Å²) in [6.07, 6.45) is 4.04. The molecule has 0 spiro atoms. The van der Waals surface area contributed by atoms with Gasteiger partial charge in [-0.1, -0.05) is 30.7 Å². The molecule has 3 rings (SSSR count). The maximum absolute atomic E-state index is 4.48. The quantitative estimate of drug-likeness (QED) is 0.569. The number of guanidine groups is 1. The van der Waals surface area contributed by atoms with Crippen molar-refractivity contribution in [2.24, 2.45) is 4.99 Å². The number of benzene rings is 1. The van der Waals surface area contributed by atoms with Crippen molar-refractivity contribution < 1.29 is 0 Å². The monoisotopic (exact) mass is 399 g/mol. The van der Waals surface area contributed by atoms with Crippen LogP contribution in [0.1, 0.15) is 52.9 Å². The largest absolute Gasteiger partial charge is 0.352 e. The molecule has 28 heavy (non-hydrogen) atoms. The van der Waals surface area contributed by atoms with Crippen LogP contribution < -0.4 is 10.6 Å². The summed E-state index contributed by atoms with van der Waals surface area (Å²) < 4.78 is 0. The van der Waals surface area contributed by atoms with Gasteiger partial charge < -0.3 is 10.6 Å². The van der Waals surface area contributed by atoms with Crippen molar-refractivity contribution in [3.63, 3.8) is 0 Å². The Morgan fingerprint density at radius 2 is 1.86 bits per heavy atom. The Hall–Kier alpha value is -1.92. The lowest BCUT2D eigenvalue weighted by atomic mass is 10.0. The van der Waals surface area contributed by atoms with E-state index in [4.69, 9.17) is 0 Å². The molecule has 5 nitrogen and oxygen atoms in total. The minimum absolute atomic E-state index is 0.704. The van der Waals surface area contributed by atoms with Crippen LogP contribution >= 0.6 is 11.3 Å². The highest BCUT2D eigenvalue weighted by atomic mass is 32.1. The number of hydrogen-bond donors (Lipinski definition) is 2. The Bertz CT molecular complexity index is 781. The highest BCUT2D eigenvalue weighted by Gasteiger charge is 2.17. The van der Waals surface area contributed by atoms with Gasteiger partial charge in [-0.25, -0.2) is 4.98 Å². The first-order valence-corrected chi connectivity index (χ1v) is 11.1. The molecule has 1 aliphatic heterocycles. The Labute approximate surface area is 173 Å².